The molecule has 1 unspecified atom stereocenters. The van der Waals surface area contributed by atoms with Crippen LogP contribution in [0.5, 0.6) is 5.75 Å². The van der Waals surface area contributed by atoms with Crippen LogP contribution in [0.15, 0.2) is 24.3 Å². The maximum Gasteiger partial charge on any atom is 0.274 e. The van der Waals surface area contributed by atoms with Crippen LogP contribution in [0, 0.1) is 13.8 Å². The van der Waals surface area contributed by atoms with Crippen molar-refractivity contribution in [3.8, 4) is 5.75 Å². The first kappa shape index (κ1) is 19.1. The Hall–Kier alpha value is -2.63. The van der Waals surface area contributed by atoms with E-state index in [9.17, 15) is 4.79 Å². The van der Waals surface area contributed by atoms with Crippen molar-refractivity contribution in [2.75, 3.05) is 23.9 Å². The number of hydrogen-bond acceptors (Lipinski definition) is 5. The molecule has 1 aromatic carbocycles. The van der Waals surface area contributed by atoms with Crippen molar-refractivity contribution in [3.63, 3.8) is 0 Å². The summed E-state index contributed by atoms with van der Waals surface area (Å²) in [4.78, 5) is 24.3. The number of methoxy groups -OCH3 is 1. The van der Waals surface area contributed by atoms with Crippen molar-refractivity contribution < 1.29 is 9.53 Å². The van der Waals surface area contributed by atoms with E-state index in [1.165, 1.54) is 6.42 Å². The SMILES string of the molecule is CCC1CCCCN1c1nc(C)cc(C(=O)Nc2cc(C)ccc2OC)n1. The average Bonchev–Trinajstić information content (AvgIpc) is 2.67. The maximum absolute atomic E-state index is 12.9. The van der Waals surface area contributed by atoms with E-state index in [0.717, 1.165) is 37.1 Å². The Kier molecular flexibility index (Phi) is 5.94. The van der Waals surface area contributed by atoms with Crippen molar-refractivity contribution in [3.05, 3.63) is 41.2 Å². The molecule has 1 N–H and O–H groups in total. The van der Waals surface area contributed by atoms with E-state index < -0.39 is 0 Å². The first-order valence-electron chi connectivity index (χ1n) is 9.60. The molecule has 2 heterocycles. The predicted octanol–water partition coefficient (Wildman–Crippen LogP) is 4.12. The molecule has 144 valence electrons. The summed E-state index contributed by atoms with van der Waals surface area (Å²) < 4.78 is 5.35. The van der Waals surface area contributed by atoms with Crippen molar-refractivity contribution in [2.24, 2.45) is 0 Å². The lowest BCUT2D eigenvalue weighted by Crippen LogP contribution is -2.40. The lowest BCUT2D eigenvalue weighted by Gasteiger charge is -2.35. The summed E-state index contributed by atoms with van der Waals surface area (Å²) in [6.07, 6.45) is 4.58. The Morgan fingerprint density at radius 1 is 1.26 bits per heavy atom. The molecular weight excluding hydrogens is 340 g/mol. The number of hydrogen-bond donors (Lipinski definition) is 1. The summed E-state index contributed by atoms with van der Waals surface area (Å²) in [6.45, 7) is 7.01. The minimum absolute atomic E-state index is 0.254. The number of aromatic nitrogens is 2. The van der Waals surface area contributed by atoms with Gasteiger partial charge >= 0.3 is 0 Å². The molecule has 6 heteroatoms. The Morgan fingerprint density at radius 3 is 2.81 bits per heavy atom. The standard InChI is InChI=1S/C21H28N4O2/c1-5-16-8-6-7-11-25(16)21-22-15(3)13-18(24-21)20(26)23-17-12-14(2)9-10-19(17)27-4/h9-10,12-13,16H,5-8,11H2,1-4H3,(H,23,26). The Bertz CT molecular complexity index is 822. The van der Waals surface area contributed by atoms with Gasteiger partial charge in [-0.25, -0.2) is 9.97 Å². The molecule has 1 atom stereocenters. The summed E-state index contributed by atoms with van der Waals surface area (Å²) in [5.41, 5.74) is 2.86. The number of nitrogens with zero attached hydrogens (tertiary/aromatic N) is 3. The van der Waals surface area contributed by atoms with Crippen LogP contribution < -0.4 is 15.0 Å². The van der Waals surface area contributed by atoms with Gasteiger partial charge in [0, 0.05) is 18.3 Å². The minimum atomic E-state index is -0.254. The summed E-state index contributed by atoms with van der Waals surface area (Å²) in [5, 5.41) is 2.93. The zero-order valence-corrected chi connectivity index (χ0v) is 16.6. The highest BCUT2D eigenvalue weighted by atomic mass is 16.5. The third-order valence-corrected chi connectivity index (χ3v) is 5.03. The molecule has 0 saturated carbocycles. The predicted molar refractivity (Wildman–Crippen MR) is 108 cm³/mol. The number of ether oxygens (including phenoxy) is 1. The van der Waals surface area contributed by atoms with E-state index in [1.54, 1.807) is 13.2 Å². The van der Waals surface area contributed by atoms with Crippen LogP contribution in [-0.4, -0.2) is 35.6 Å². The van der Waals surface area contributed by atoms with Gasteiger partial charge in [0.25, 0.3) is 5.91 Å². The zero-order valence-electron chi connectivity index (χ0n) is 16.6. The molecule has 6 nitrogen and oxygen atoms in total. The van der Waals surface area contributed by atoms with Gasteiger partial charge in [-0.15, -0.1) is 0 Å². The first-order chi connectivity index (χ1) is 13.0. The summed E-state index contributed by atoms with van der Waals surface area (Å²) in [5.74, 6) is 1.03. The van der Waals surface area contributed by atoms with Crippen molar-refractivity contribution in [1.29, 1.82) is 0 Å². The largest absolute Gasteiger partial charge is 0.495 e. The second-order valence-corrected chi connectivity index (χ2v) is 7.10. The van der Waals surface area contributed by atoms with Crippen molar-refractivity contribution in [2.45, 2.75) is 52.5 Å². The van der Waals surface area contributed by atoms with Gasteiger partial charge in [0.05, 0.1) is 12.8 Å². The number of rotatable bonds is 5. The van der Waals surface area contributed by atoms with E-state index in [1.807, 2.05) is 32.0 Å². The number of anilines is 2. The maximum atomic E-state index is 12.9. The van der Waals surface area contributed by atoms with Crippen LogP contribution >= 0.6 is 0 Å². The zero-order chi connectivity index (χ0) is 19.4. The molecule has 0 spiro atoms. The fraction of sp³-hybridized carbons (Fsp3) is 0.476. The minimum Gasteiger partial charge on any atom is -0.495 e. The highest BCUT2D eigenvalue weighted by Gasteiger charge is 2.24. The Labute approximate surface area is 161 Å². The highest BCUT2D eigenvalue weighted by Crippen LogP contribution is 2.27. The third-order valence-electron chi connectivity index (χ3n) is 5.03. The van der Waals surface area contributed by atoms with E-state index >= 15 is 0 Å². The normalized spacial score (nSPS) is 16.9. The van der Waals surface area contributed by atoms with Crippen LogP contribution in [-0.2, 0) is 0 Å². The third kappa shape index (κ3) is 4.38. The van der Waals surface area contributed by atoms with Gasteiger partial charge in [0.1, 0.15) is 11.4 Å². The molecule has 0 radical (unpaired) electrons. The Morgan fingerprint density at radius 2 is 2.07 bits per heavy atom. The number of aryl methyl sites for hydroxylation is 2. The molecule has 0 aliphatic carbocycles. The van der Waals surface area contributed by atoms with Gasteiger partial charge in [-0.2, -0.15) is 0 Å². The first-order valence-corrected chi connectivity index (χ1v) is 9.60. The van der Waals surface area contributed by atoms with Gasteiger partial charge < -0.3 is 15.0 Å². The summed E-state index contributed by atoms with van der Waals surface area (Å²) in [6, 6.07) is 7.85. The summed E-state index contributed by atoms with van der Waals surface area (Å²) >= 11 is 0. The van der Waals surface area contributed by atoms with Crippen LogP contribution in [0.1, 0.15) is 54.4 Å². The summed E-state index contributed by atoms with van der Waals surface area (Å²) in [7, 11) is 1.59. The molecule has 1 aliphatic rings. The van der Waals surface area contributed by atoms with Gasteiger partial charge in [-0.05, 0) is 63.3 Å². The van der Waals surface area contributed by atoms with Crippen LogP contribution in [0.2, 0.25) is 0 Å². The van der Waals surface area contributed by atoms with Crippen molar-refractivity contribution in [1.82, 2.24) is 9.97 Å². The van der Waals surface area contributed by atoms with Crippen molar-refractivity contribution >= 4 is 17.5 Å². The molecule has 2 aromatic rings. The van der Waals surface area contributed by atoms with Crippen LogP contribution in [0.25, 0.3) is 0 Å². The number of carbonyl (C=O) groups excluding carboxylic acids is 1. The van der Waals surface area contributed by atoms with Gasteiger partial charge in [-0.1, -0.05) is 13.0 Å². The molecule has 1 aliphatic heterocycles. The fourth-order valence-corrected chi connectivity index (χ4v) is 3.59. The van der Waals surface area contributed by atoms with Crippen LogP contribution in [0.4, 0.5) is 11.6 Å². The molecule has 27 heavy (non-hydrogen) atoms. The van der Waals surface area contributed by atoms with Gasteiger partial charge in [0.2, 0.25) is 5.95 Å². The van der Waals surface area contributed by atoms with Crippen LogP contribution in [0.3, 0.4) is 0 Å². The lowest BCUT2D eigenvalue weighted by atomic mass is 10.0. The van der Waals surface area contributed by atoms with E-state index in [0.29, 0.717) is 29.1 Å². The highest BCUT2D eigenvalue weighted by molar-refractivity contribution is 6.04. The van der Waals surface area contributed by atoms with Gasteiger partial charge in [0.15, 0.2) is 0 Å². The van der Waals surface area contributed by atoms with E-state index in [4.69, 9.17) is 4.74 Å². The van der Waals surface area contributed by atoms with E-state index in [2.05, 4.69) is 27.1 Å². The molecule has 1 fully saturated rings. The second kappa shape index (κ2) is 8.37. The molecule has 1 aromatic heterocycles. The smallest absolute Gasteiger partial charge is 0.274 e. The molecule has 1 amide bonds. The second-order valence-electron chi connectivity index (χ2n) is 7.10. The molecular formula is C21H28N4O2. The quantitative estimate of drug-likeness (QED) is 0.860. The van der Waals surface area contributed by atoms with E-state index in [-0.39, 0.29) is 5.91 Å². The average molecular weight is 368 g/mol. The number of amides is 1. The molecule has 1 saturated heterocycles. The molecule has 3 rings (SSSR count). The number of carbonyl (C=O) groups is 1. The Balaban J connectivity index is 1.87. The molecule has 0 bridgehead atoms. The van der Waals surface area contributed by atoms with Gasteiger partial charge in [-0.3, -0.25) is 4.79 Å². The number of benzene rings is 1. The lowest BCUT2D eigenvalue weighted by molar-refractivity contribution is 0.102. The monoisotopic (exact) mass is 368 g/mol. The number of piperidine rings is 1. The number of nitrogens with one attached hydrogen (secondary N) is 1. The topological polar surface area (TPSA) is 67.4 Å². The fourth-order valence-electron chi connectivity index (χ4n) is 3.59.